The fourth-order valence-corrected chi connectivity index (χ4v) is 2.19. The average Bonchev–Trinajstić information content (AvgIpc) is 2.43. The Balaban J connectivity index is 2.32. The highest BCUT2D eigenvalue weighted by Crippen LogP contribution is 2.08. The molecule has 2 unspecified atom stereocenters. The molecule has 1 saturated heterocycles. The van der Waals surface area contributed by atoms with Gasteiger partial charge in [-0.25, -0.2) is 0 Å². The fourth-order valence-electron chi connectivity index (χ4n) is 2.19. The lowest BCUT2D eigenvalue weighted by Crippen LogP contribution is -2.49. The van der Waals surface area contributed by atoms with Crippen molar-refractivity contribution in [2.24, 2.45) is 0 Å². The molecule has 0 aromatic carbocycles. The second-order valence-corrected chi connectivity index (χ2v) is 5.03. The molecule has 1 aliphatic heterocycles. The number of nitrogens with zero attached hydrogens (tertiary/aromatic N) is 1. The van der Waals surface area contributed by atoms with Gasteiger partial charge in [-0.3, -0.25) is 4.79 Å². The number of carbonyl (C=O) groups excluding carboxylic acids is 1. The van der Waals surface area contributed by atoms with Crippen LogP contribution >= 0.6 is 0 Å². The Morgan fingerprint density at radius 1 is 1.44 bits per heavy atom. The van der Waals surface area contributed by atoms with Gasteiger partial charge in [-0.1, -0.05) is 12.8 Å². The fraction of sp³-hybridized carbons (Fsp3) is 0.917. The first-order valence-electron chi connectivity index (χ1n) is 6.28. The highest BCUT2D eigenvalue weighted by Gasteiger charge is 2.20. The predicted molar refractivity (Wildman–Crippen MR) is 66.4 cm³/mol. The van der Waals surface area contributed by atoms with Crippen LogP contribution in [0.25, 0.3) is 0 Å². The van der Waals surface area contributed by atoms with Crippen molar-refractivity contribution in [3.63, 3.8) is 0 Å². The smallest absolute Gasteiger partial charge is 0.237 e. The average molecular weight is 227 g/mol. The van der Waals surface area contributed by atoms with E-state index in [9.17, 15) is 4.79 Å². The molecule has 1 rings (SSSR count). The van der Waals surface area contributed by atoms with Crippen molar-refractivity contribution in [1.82, 2.24) is 15.5 Å². The number of amides is 1. The number of carbonyl (C=O) groups is 1. The van der Waals surface area contributed by atoms with Gasteiger partial charge in [0.05, 0.1) is 6.04 Å². The molecule has 16 heavy (non-hydrogen) atoms. The van der Waals surface area contributed by atoms with Crippen molar-refractivity contribution in [1.29, 1.82) is 0 Å². The van der Waals surface area contributed by atoms with Crippen molar-refractivity contribution in [3.05, 3.63) is 0 Å². The van der Waals surface area contributed by atoms with Gasteiger partial charge in [0, 0.05) is 12.6 Å². The Labute approximate surface area is 98.8 Å². The standard InChI is InChI=1S/C12H25N3O/c1-10(9-15(2)3)14-12(16)11-7-5-4-6-8-13-11/h10-11,13H,4-9H2,1-3H3,(H,14,16). The maximum Gasteiger partial charge on any atom is 0.237 e. The summed E-state index contributed by atoms with van der Waals surface area (Å²) in [6.45, 7) is 3.91. The third-order valence-corrected chi connectivity index (χ3v) is 2.90. The van der Waals surface area contributed by atoms with E-state index < -0.39 is 0 Å². The molecule has 1 amide bonds. The molecule has 0 saturated carbocycles. The molecule has 4 heteroatoms. The second-order valence-electron chi connectivity index (χ2n) is 5.03. The summed E-state index contributed by atoms with van der Waals surface area (Å²) in [5, 5.41) is 6.38. The molecule has 4 nitrogen and oxygen atoms in total. The number of nitrogens with one attached hydrogen (secondary N) is 2. The molecule has 0 bridgehead atoms. The van der Waals surface area contributed by atoms with Crippen LogP contribution in [0.5, 0.6) is 0 Å². The molecule has 1 fully saturated rings. The topological polar surface area (TPSA) is 44.4 Å². The molecule has 0 aromatic rings. The van der Waals surface area contributed by atoms with E-state index in [1.807, 2.05) is 14.1 Å². The number of hydrogen-bond acceptors (Lipinski definition) is 3. The maximum absolute atomic E-state index is 12.0. The van der Waals surface area contributed by atoms with Gasteiger partial charge < -0.3 is 15.5 Å². The normalized spacial score (nSPS) is 23.9. The van der Waals surface area contributed by atoms with Crippen LogP contribution in [0.2, 0.25) is 0 Å². The molecule has 0 radical (unpaired) electrons. The number of hydrogen-bond donors (Lipinski definition) is 2. The molecule has 0 spiro atoms. The van der Waals surface area contributed by atoms with Gasteiger partial charge in [-0.2, -0.15) is 0 Å². The summed E-state index contributed by atoms with van der Waals surface area (Å²) < 4.78 is 0. The summed E-state index contributed by atoms with van der Waals surface area (Å²) >= 11 is 0. The SMILES string of the molecule is CC(CN(C)C)NC(=O)C1CCCCCN1. The predicted octanol–water partition coefficient (Wildman–Crippen LogP) is 0.585. The minimum Gasteiger partial charge on any atom is -0.351 e. The molecule has 1 heterocycles. The van der Waals surface area contributed by atoms with Gasteiger partial charge in [0.15, 0.2) is 0 Å². The van der Waals surface area contributed by atoms with Crippen molar-refractivity contribution in [2.45, 2.75) is 44.7 Å². The molecule has 2 atom stereocenters. The first-order chi connectivity index (χ1) is 7.59. The van der Waals surface area contributed by atoms with Gasteiger partial charge in [0.25, 0.3) is 0 Å². The summed E-state index contributed by atoms with van der Waals surface area (Å²) in [5.74, 6) is 0.163. The van der Waals surface area contributed by atoms with Crippen molar-refractivity contribution >= 4 is 5.91 Å². The highest BCUT2D eigenvalue weighted by molar-refractivity contribution is 5.82. The lowest BCUT2D eigenvalue weighted by molar-refractivity contribution is -0.123. The zero-order valence-corrected chi connectivity index (χ0v) is 10.8. The second kappa shape index (κ2) is 6.86. The Kier molecular flexibility index (Phi) is 5.77. The zero-order chi connectivity index (χ0) is 12.0. The summed E-state index contributed by atoms with van der Waals surface area (Å²) in [4.78, 5) is 14.0. The van der Waals surface area contributed by atoms with Crippen LogP contribution in [0.3, 0.4) is 0 Å². The van der Waals surface area contributed by atoms with Crippen LogP contribution < -0.4 is 10.6 Å². The van der Waals surface area contributed by atoms with E-state index in [0.717, 1.165) is 25.9 Å². The Hall–Kier alpha value is -0.610. The van der Waals surface area contributed by atoms with Crippen LogP contribution in [-0.4, -0.2) is 50.1 Å². The van der Waals surface area contributed by atoms with Crippen LogP contribution in [0, 0.1) is 0 Å². The van der Waals surface area contributed by atoms with E-state index in [1.54, 1.807) is 0 Å². The van der Waals surface area contributed by atoms with E-state index in [-0.39, 0.29) is 18.0 Å². The highest BCUT2D eigenvalue weighted by atomic mass is 16.2. The van der Waals surface area contributed by atoms with Gasteiger partial charge in [-0.05, 0) is 40.4 Å². The van der Waals surface area contributed by atoms with Crippen molar-refractivity contribution in [2.75, 3.05) is 27.2 Å². The minimum absolute atomic E-state index is 0.0205. The first-order valence-corrected chi connectivity index (χ1v) is 6.28. The molecule has 94 valence electrons. The Morgan fingerprint density at radius 2 is 2.19 bits per heavy atom. The van der Waals surface area contributed by atoms with Gasteiger partial charge in [0.1, 0.15) is 0 Å². The molecule has 2 N–H and O–H groups in total. The summed E-state index contributed by atoms with van der Waals surface area (Å²) in [6, 6.07) is 0.236. The third kappa shape index (κ3) is 4.94. The minimum atomic E-state index is 0.0205. The molecular weight excluding hydrogens is 202 g/mol. The third-order valence-electron chi connectivity index (χ3n) is 2.90. The van der Waals surface area contributed by atoms with Crippen LogP contribution in [0.1, 0.15) is 32.6 Å². The van der Waals surface area contributed by atoms with E-state index in [4.69, 9.17) is 0 Å². The maximum atomic E-state index is 12.0. The monoisotopic (exact) mass is 227 g/mol. The van der Waals surface area contributed by atoms with Crippen LogP contribution in [-0.2, 0) is 4.79 Å². The lowest BCUT2D eigenvalue weighted by Gasteiger charge is -2.22. The van der Waals surface area contributed by atoms with Gasteiger partial charge in [0.2, 0.25) is 5.91 Å². The quantitative estimate of drug-likeness (QED) is 0.738. The Bertz CT molecular complexity index is 210. The van der Waals surface area contributed by atoms with Crippen LogP contribution in [0.4, 0.5) is 0 Å². The van der Waals surface area contributed by atoms with E-state index in [2.05, 4.69) is 22.5 Å². The largest absolute Gasteiger partial charge is 0.351 e. The Morgan fingerprint density at radius 3 is 2.88 bits per heavy atom. The molecular formula is C12H25N3O. The first kappa shape index (κ1) is 13.5. The van der Waals surface area contributed by atoms with Crippen LogP contribution in [0.15, 0.2) is 0 Å². The zero-order valence-electron chi connectivity index (χ0n) is 10.8. The summed E-state index contributed by atoms with van der Waals surface area (Å²) in [7, 11) is 4.04. The van der Waals surface area contributed by atoms with Gasteiger partial charge in [-0.15, -0.1) is 0 Å². The van der Waals surface area contributed by atoms with E-state index in [0.29, 0.717) is 0 Å². The van der Waals surface area contributed by atoms with E-state index >= 15 is 0 Å². The van der Waals surface area contributed by atoms with Crippen molar-refractivity contribution < 1.29 is 4.79 Å². The molecule has 1 aliphatic rings. The summed E-state index contributed by atoms with van der Waals surface area (Å²) in [5.41, 5.74) is 0. The molecule has 0 aromatic heterocycles. The van der Waals surface area contributed by atoms with Crippen molar-refractivity contribution in [3.8, 4) is 0 Å². The summed E-state index contributed by atoms with van der Waals surface area (Å²) in [6.07, 6.45) is 4.56. The number of likely N-dealkylation sites (N-methyl/N-ethyl adjacent to an activating group) is 1. The van der Waals surface area contributed by atoms with E-state index in [1.165, 1.54) is 12.8 Å². The van der Waals surface area contributed by atoms with Gasteiger partial charge >= 0.3 is 0 Å². The molecule has 0 aliphatic carbocycles. The number of rotatable bonds is 4. The lowest BCUT2D eigenvalue weighted by atomic mass is 10.1.